The molecule has 17 heavy (non-hydrogen) atoms. The van der Waals surface area contributed by atoms with Crippen molar-refractivity contribution in [3.63, 3.8) is 0 Å². The largest absolute Gasteiger partial charge is 0.387 e. The van der Waals surface area contributed by atoms with Crippen LogP contribution in [0.4, 0.5) is 0 Å². The summed E-state index contributed by atoms with van der Waals surface area (Å²) in [6.45, 7) is 1.33. The van der Waals surface area contributed by atoms with Crippen LogP contribution in [0.3, 0.4) is 0 Å². The van der Waals surface area contributed by atoms with Gasteiger partial charge < -0.3 is 10.6 Å². The number of amides is 1. The maximum atomic E-state index is 12.2. The second kappa shape index (κ2) is 4.99. The number of benzene rings is 1. The molecular formula is C13H17N3O. The molecule has 0 aromatic heterocycles. The van der Waals surface area contributed by atoms with E-state index in [1.54, 1.807) is 4.90 Å². The Labute approximate surface area is 101 Å². The lowest BCUT2D eigenvalue weighted by atomic mass is 9.96. The first-order valence-corrected chi connectivity index (χ1v) is 5.86. The van der Waals surface area contributed by atoms with Crippen molar-refractivity contribution >= 4 is 11.7 Å². The third kappa shape index (κ3) is 2.64. The van der Waals surface area contributed by atoms with E-state index >= 15 is 0 Å². The van der Waals surface area contributed by atoms with Crippen molar-refractivity contribution in [3.8, 4) is 0 Å². The quantitative estimate of drug-likeness (QED) is 0.597. The van der Waals surface area contributed by atoms with E-state index in [0.717, 1.165) is 19.4 Å². The first kappa shape index (κ1) is 11.6. The number of likely N-dealkylation sites (tertiary alicyclic amines) is 1. The van der Waals surface area contributed by atoms with Crippen molar-refractivity contribution < 1.29 is 4.79 Å². The van der Waals surface area contributed by atoms with E-state index in [0.29, 0.717) is 12.1 Å². The molecule has 1 amide bonds. The maximum Gasteiger partial charge on any atom is 0.253 e. The lowest BCUT2D eigenvalue weighted by Crippen LogP contribution is -2.43. The second-order valence-corrected chi connectivity index (χ2v) is 4.41. The van der Waals surface area contributed by atoms with E-state index in [1.165, 1.54) is 0 Å². The van der Waals surface area contributed by atoms with Crippen molar-refractivity contribution in [2.75, 3.05) is 13.1 Å². The summed E-state index contributed by atoms with van der Waals surface area (Å²) >= 11 is 0. The van der Waals surface area contributed by atoms with Gasteiger partial charge in [0.2, 0.25) is 0 Å². The molecule has 1 atom stereocenters. The Balaban J connectivity index is 2.07. The van der Waals surface area contributed by atoms with Crippen LogP contribution in [0.1, 0.15) is 23.2 Å². The van der Waals surface area contributed by atoms with Gasteiger partial charge in [0.05, 0.1) is 5.84 Å². The normalized spacial score (nSPS) is 20.0. The number of carbonyl (C=O) groups is 1. The van der Waals surface area contributed by atoms with E-state index in [2.05, 4.69) is 0 Å². The van der Waals surface area contributed by atoms with Gasteiger partial charge in [-0.1, -0.05) is 18.2 Å². The van der Waals surface area contributed by atoms with E-state index in [-0.39, 0.29) is 17.7 Å². The zero-order valence-corrected chi connectivity index (χ0v) is 9.73. The fourth-order valence-corrected chi connectivity index (χ4v) is 2.18. The summed E-state index contributed by atoms with van der Waals surface area (Å²) in [5.41, 5.74) is 6.22. The average Bonchev–Trinajstić information content (AvgIpc) is 2.39. The van der Waals surface area contributed by atoms with Gasteiger partial charge in [-0.15, -0.1) is 0 Å². The molecule has 1 aromatic carbocycles. The number of hydrogen-bond donors (Lipinski definition) is 2. The highest BCUT2D eigenvalue weighted by Crippen LogP contribution is 2.18. The first-order valence-electron chi connectivity index (χ1n) is 5.86. The van der Waals surface area contributed by atoms with Crippen molar-refractivity contribution in [1.82, 2.24) is 4.90 Å². The molecule has 4 heteroatoms. The second-order valence-electron chi connectivity index (χ2n) is 4.41. The van der Waals surface area contributed by atoms with Gasteiger partial charge in [0, 0.05) is 24.6 Å². The van der Waals surface area contributed by atoms with Crippen LogP contribution < -0.4 is 5.73 Å². The van der Waals surface area contributed by atoms with Crippen molar-refractivity contribution in [3.05, 3.63) is 35.9 Å². The van der Waals surface area contributed by atoms with Gasteiger partial charge in [-0.25, -0.2) is 0 Å². The van der Waals surface area contributed by atoms with Crippen LogP contribution in [0.15, 0.2) is 30.3 Å². The zero-order chi connectivity index (χ0) is 12.3. The molecule has 1 fully saturated rings. The first-order chi connectivity index (χ1) is 8.18. The van der Waals surface area contributed by atoms with Crippen LogP contribution >= 0.6 is 0 Å². The molecule has 0 bridgehead atoms. The smallest absolute Gasteiger partial charge is 0.253 e. The maximum absolute atomic E-state index is 12.2. The van der Waals surface area contributed by atoms with Crippen LogP contribution in [-0.2, 0) is 0 Å². The SMILES string of the molecule is N=C(N)[C@H]1CCCN(C(=O)c2ccccc2)C1. The summed E-state index contributed by atoms with van der Waals surface area (Å²) in [4.78, 5) is 14.0. The Morgan fingerprint density at radius 2 is 2.06 bits per heavy atom. The lowest BCUT2D eigenvalue weighted by Gasteiger charge is -2.32. The highest BCUT2D eigenvalue weighted by Gasteiger charge is 2.25. The number of nitrogens with zero attached hydrogens (tertiary/aromatic N) is 1. The number of rotatable bonds is 2. The van der Waals surface area contributed by atoms with Crippen LogP contribution in [0.2, 0.25) is 0 Å². The number of nitrogens with one attached hydrogen (secondary N) is 1. The van der Waals surface area contributed by atoms with Gasteiger partial charge in [-0.05, 0) is 25.0 Å². The molecule has 2 rings (SSSR count). The minimum atomic E-state index is 0.0245. The molecule has 0 spiro atoms. The summed E-state index contributed by atoms with van der Waals surface area (Å²) in [6.07, 6.45) is 1.83. The van der Waals surface area contributed by atoms with Crippen molar-refractivity contribution in [1.29, 1.82) is 5.41 Å². The molecule has 1 aliphatic heterocycles. The molecule has 3 N–H and O–H groups in total. The number of carbonyl (C=O) groups excluding carboxylic acids is 1. The Morgan fingerprint density at radius 1 is 1.35 bits per heavy atom. The highest BCUT2D eigenvalue weighted by atomic mass is 16.2. The molecule has 0 radical (unpaired) electrons. The third-order valence-electron chi connectivity index (χ3n) is 3.17. The van der Waals surface area contributed by atoms with Gasteiger partial charge in [0.15, 0.2) is 0 Å². The fraction of sp³-hybridized carbons (Fsp3) is 0.385. The molecule has 1 aliphatic rings. The zero-order valence-electron chi connectivity index (χ0n) is 9.73. The van der Waals surface area contributed by atoms with E-state index in [4.69, 9.17) is 11.1 Å². The average molecular weight is 231 g/mol. The Morgan fingerprint density at radius 3 is 2.71 bits per heavy atom. The van der Waals surface area contributed by atoms with E-state index in [9.17, 15) is 4.79 Å². The fourth-order valence-electron chi connectivity index (χ4n) is 2.18. The predicted molar refractivity (Wildman–Crippen MR) is 67.0 cm³/mol. The van der Waals surface area contributed by atoms with Crippen molar-refractivity contribution in [2.45, 2.75) is 12.8 Å². The standard InChI is InChI=1S/C13H17N3O/c14-12(15)11-7-4-8-16(9-11)13(17)10-5-2-1-3-6-10/h1-3,5-6,11H,4,7-9H2,(H3,14,15)/t11-/m0/s1. The molecule has 0 unspecified atom stereocenters. The number of hydrogen-bond acceptors (Lipinski definition) is 2. The van der Waals surface area contributed by atoms with Crippen molar-refractivity contribution in [2.24, 2.45) is 11.7 Å². The number of amidine groups is 1. The molecule has 4 nitrogen and oxygen atoms in total. The molecule has 90 valence electrons. The summed E-state index contributed by atoms with van der Waals surface area (Å²) < 4.78 is 0. The molecule has 1 heterocycles. The minimum absolute atomic E-state index is 0.0245. The van der Waals surface area contributed by atoms with Gasteiger partial charge in [-0.2, -0.15) is 0 Å². The van der Waals surface area contributed by atoms with Crippen LogP contribution in [-0.4, -0.2) is 29.7 Å². The monoisotopic (exact) mass is 231 g/mol. The third-order valence-corrected chi connectivity index (χ3v) is 3.17. The van der Waals surface area contributed by atoms with E-state index < -0.39 is 0 Å². The van der Waals surface area contributed by atoms with Crippen LogP contribution in [0.5, 0.6) is 0 Å². The van der Waals surface area contributed by atoms with Gasteiger partial charge in [0.25, 0.3) is 5.91 Å². The highest BCUT2D eigenvalue weighted by molar-refractivity contribution is 5.94. The molecule has 1 saturated heterocycles. The van der Waals surface area contributed by atoms with E-state index in [1.807, 2.05) is 30.3 Å². The molecule has 0 aliphatic carbocycles. The molecule has 1 aromatic rings. The van der Waals surface area contributed by atoms with Gasteiger partial charge in [-0.3, -0.25) is 10.2 Å². The number of piperidine rings is 1. The van der Waals surface area contributed by atoms with Crippen LogP contribution in [0.25, 0.3) is 0 Å². The van der Waals surface area contributed by atoms with Crippen LogP contribution in [0, 0.1) is 11.3 Å². The summed E-state index contributed by atoms with van der Waals surface area (Å²) in [7, 11) is 0. The molecule has 0 saturated carbocycles. The Kier molecular flexibility index (Phi) is 3.42. The molecular weight excluding hydrogens is 214 g/mol. The minimum Gasteiger partial charge on any atom is -0.387 e. The summed E-state index contributed by atoms with van der Waals surface area (Å²) in [5, 5.41) is 7.46. The summed E-state index contributed by atoms with van der Waals surface area (Å²) in [5.74, 6) is 0.253. The summed E-state index contributed by atoms with van der Waals surface area (Å²) in [6, 6.07) is 9.25. The Bertz CT molecular complexity index is 416. The topological polar surface area (TPSA) is 70.2 Å². The van der Waals surface area contributed by atoms with Gasteiger partial charge in [0.1, 0.15) is 0 Å². The number of nitrogens with two attached hydrogens (primary N) is 1. The predicted octanol–water partition coefficient (Wildman–Crippen LogP) is 1.47. The Hall–Kier alpha value is -1.84. The lowest BCUT2D eigenvalue weighted by molar-refractivity contribution is 0.0702. The van der Waals surface area contributed by atoms with Gasteiger partial charge >= 0.3 is 0 Å².